The molecule has 0 spiro atoms. The molecule has 0 aliphatic carbocycles. The smallest absolute Gasteiger partial charge is 0.254 e. The molecule has 1 atom stereocenters. The van der Waals surface area contributed by atoms with Crippen molar-refractivity contribution in [2.45, 2.75) is 52.6 Å². The number of amides is 2. The van der Waals surface area contributed by atoms with Gasteiger partial charge in [0.25, 0.3) is 5.91 Å². The molecule has 5 nitrogen and oxygen atoms in total. The van der Waals surface area contributed by atoms with Crippen LogP contribution in [-0.4, -0.2) is 40.7 Å². The molecule has 174 valence electrons. The van der Waals surface area contributed by atoms with Crippen LogP contribution in [-0.2, 0) is 24.2 Å². The Balaban J connectivity index is 1.76. The summed E-state index contributed by atoms with van der Waals surface area (Å²) >= 11 is 0. The van der Waals surface area contributed by atoms with E-state index in [9.17, 15) is 9.59 Å². The van der Waals surface area contributed by atoms with E-state index in [0.29, 0.717) is 18.7 Å². The monoisotopic (exact) mass is 446 g/mol. The first-order chi connectivity index (χ1) is 16.0. The third-order valence-electron chi connectivity index (χ3n) is 6.09. The molecule has 1 aromatic heterocycles. The summed E-state index contributed by atoms with van der Waals surface area (Å²) in [6, 6.07) is 21.4. The summed E-state index contributed by atoms with van der Waals surface area (Å²) in [5.41, 5.74) is 2.96. The van der Waals surface area contributed by atoms with Gasteiger partial charge >= 0.3 is 0 Å². The Labute approximate surface area is 197 Å². The van der Waals surface area contributed by atoms with Crippen LogP contribution in [0.3, 0.4) is 0 Å². The molecule has 3 aromatic rings. The first-order valence-electron chi connectivity index (χ1n) is 11.8. The number of carbonyl (C=O) groups excluding carboxylic acids is 2. The number of benzene rings is 2. The van der Waals surface area contributed by atoms with E-state index in [-0.39, 0.29) is 24.4 Å². The van der Waals surface area contributed by atoms with Crippen molar-refractivity contribution < 1.29 is 14.0 Å². The van der Waals surface area contributed by atoms with Crippen molar-refractivity contribution in [2.24, 2.45) is 0 Å². The molecule has 3 rings (SSSR count). The fourth-order valence-electron chi connectivity index (χ4n) is 3.73. The van der Waals surface area contributed by atoms with Crippen molar-refractivity contribution in [3.8, 4) is 0 Å². The standard InChI is InChI=1S/C28H34N2O3/c1-4-22(3)30(28(32)25-15-13-23(5-2)14-16-25)21-27(31)29(20-26-12-9-19-33-26)18-17-24-10-7-6-8-11-24/h6-16,19,22H,4-5,17-18,20-21H2,1-3H3. The molecular weight excluding hydrogens is 412 g/mol. The topological polar surface area (TPSA) is 53.8 Å². The lowest BCUT2D eigenvalue weighted by Gasteiger charge is -2.31. The second kappa shape index (κ2) is 12.0. The van der Waals surface area contributed by atoms with Crippen LogP contribution in [0.1, 0.15) is 54.4 Å². The van der Waals surface area contributed by atoms with Crippen LogP contribution in [0.5, 0.6) is 0 Å². The van der Waals surface area contributed by atoms with Gasteiger partial charge in [-0.05, 0) is 61.6 Å². The van der Waals surface area contributed by atoms with Gasteiger partial charge in [-0.1, -0.05) is 56.3 Å². The maximum atomic E-state index is 13.4. The van der Waals surface area contributed by atoms with Crippen LogP contribution in [0, 0.1) is 0 Å². The molecule has 0 saturated carbocycles. The van der Waals surface area contributed by atoms with Crippen LogP contribution >= 0.6 is 0 Å². The van der Waals surface area contributed by atoms with E-state index in [1.54, 1.807) is 16.1 Å². The van der Waals surface area contributed by atoms with Gasteiger partial charge in [0.2, 0.25) is 5.91 Å². The van der Waals surface area contributed by atoms with Crippen molar-refractivity contribution >= 4 is 11.8 Å². The van der Waals surface area contributed by atoms with Crippen molar-refractivity contribution in [1.82, 2.24) is 9.80 Å². The summed E-state index contributed by atoms with van der Waals surface area (Å²) in [6.45, 7) is 7.09. The average molecular weight is 447 g/mol. The molecule has 0 bridgehead atoms. The Bertz CT molecular complexity index is 997. The number of hydrogen-bond acceptors (Lipinski definition) is 3. The number of furan rings is 1. The van der Waals surface area contributed by atoms with Crippen LogP contribution in [0.15, 0.2) is 77.4 Å². The van der Waals surface area contributed by atoms with Crippen molar-refractivity contribution in [3.05, 3.63) is 95.4 Å². The second-order valence-corrected chi connectivity index (χ2v) is 8.37. The lowest BCUT2D eigenvalue weighted by molar-refractivity contribution is -0.133. The number of carbonyl (C=O) groups is 2. The van der Waals surface area contributed by atoms with Gasteiger partial charge in [0, 0.05) is 18.2 Å². The predicted molar refractivity (Wildman–Crippen MR) is 131 cm³/mol. The molecule has 2 aromatic carbocycles. The van der Waals surface area contributed by atoms with Crippen LogP contribution in [0.2, 0.25) is 0 Å². The van der Waals surface area contributed by atoms with Crippen molar-refractivity contribution in [2.75, 3.05) is 13.1 Å². The van der Waals surface area contributed by atoms with Crippen LogP contribution < -0.4 is 0 Å². The SMILES string of the molecule is CCc1ccc(C(=O)N(CC(=O)N(CCc2ccccc2)Cc2ccco2)C(C)CC)cc1. The van der Waals surface area contributed by atoms with Gasteiger partial charge in [0.05, 0.1) is 12.8 Å². The zero-order chi connectivity index (χ0) is 23.6. The van der Waals surface area contributed by atoms with Gasteiger partial charge in [0.1, 0.15) is 12.3 Å². The molecule has 0 aliphatic heterocycles. The summed E-state index contributed by atoms with van der Waals surface area (Å²) in [5.74, 6) is 0.538. The molecule has 0 fully saturated rings. The zero-order valence-electron chi connectivity index (χ0n) is 19.9. The van der Waals surface area contributed by atoms with E-state index in [2.05, 4.69) is 19.1 Å². The fraction of sp³-hybridized carbons (Fsp3) is 0.357. The highest BCUT2D eigenvalue weighted by atomic mass is 16.3. The molecular formula is C28H34N2O3. The quantitative estimate of drug-likeness (QED) is 0.399. The summed E-state index contributed by atoms with van der Waals surface area (Å²) in [5, 5.41) is 0. The summed E-state index contributed by atoms with van der Waals surface area (Å²) in [4.78, 5) is 30.3. The molecule has 33 heavy (non-hydrogen) atoms. The molecule has 5 heteroatoms. The zero-order valence-corrected chi connectivity index (χ0v) is 19.9. The second-order valence-electron chi connectivity index (χ2n) is 8.37. The van der Waals surface area contributed by atoms with Gasteiger partial charge in [-0.2, -0.15) is 0 Å². The van der Waals surface area contributed by atoms with E-state index in [1.165, 1.54) is 11.1 Å². The molecule has 1 unspecified atom stereocenters. The van der Waals surface area contributed by atoms with Gasteiger partial charge in [-0.15, -0.1) is 0 Å². The van der Waals surface area contributed by atoms with E-state index in [1.807, 2.05) is 68.4 Å². The normalized spacial score (nSPS) is 11.7. The lowest BCUT2D eigenvalue weighted by atomic mass is 10.1. The van der Waals surface area contributed by atoms with Gasteiger partial charge in [0.15, 0.2) is 0 Å². The van der Waals surface area contributed by atoms with E-state index in [0.717, 1.165) is 25.0 Å². The van der Waals surface area contributed by atoms with Crippen LogP contribution in [0.25, 0.3) is 0 Å². The average Bonchev–Trinajstić information content (AvgIpc) is 3.38. The minimum atomic E-state index is -0.110. The Kier molecular flexibility index (Phi) is 8.87. The maximum absolute atomic E-state index is 13.4. The Morgan fingerprint density at radius 1 is 0.909 bits per heavy atom. The minimum absolute atomic E-state index is 0.0405. The fourth-order valence-corrected chi connectivity index (χ4v) is 3.73. The third kappa shape index (κ3) is 6.82. The highest BCUT2D eigenvalue weighted by Crippen LogP contribution is 2.15. The van der Waals surface area contributed by atoms with Crippen molar-refractivity contribution in [1.29, 1.82) is 0 Å². The van der Waals surface area contributed by atoms with E-state index in [4.69, 9.17) is 4.42 Å². The molecule has 2 amide bonds. The highest BCUT2D eigenvalue weighted by molar-refractivity contribution is 5.96. The molecule has 0 aliphatic rings. The Hall–Kier alpha value is -3.34. The molecule has 0 radical (unpaired) electrons. The first-order valence-corrected chi connectivity index (χ1v) is 11.8. The molecule has 1 heterocycles. The van der Waals surface area contributed by atoms with Gasteiger partial charge < -0.3 is 14.2 Å². The van der Waals surface area contributed by atoms with E-state index >= 15 is 0 Å². The predicted octanol–water partition coefficient (Wildman–Crippen LogP) is 5.35. The van der Waals surface area contributed by atoms with Crippen LogP contribution in [0.4, 0.5) is 0 Å². The summed E-state index contributed by atoms with van der Waals surface area (Å²) in [6.07, 6.45) is 4.05. The van der Waals surface area contributed by atoms with Gasteiger partial charge in [-0.3, -0.25) is 9.59 Å². The number of nitrogens with zero attached hydrogens (tertiary/aromatic N) is 2. The summed E-state index contributed by atoms with van der Waals surface area (Å²) < 4.78 is 5.50. The Morgan fingerprint density at radius 2 is 1.64 bits per heavy atom. The lowest BCUT2D eigenvalue weighted by Crippen LogP contribution is -2.46. The van der Waals surface area contributed by atoms with E-state index < -0.39 is 0 Å². The largest absolute Gasteiger partial charge is 0.467 e. The first kappa shape index (κ1) is 24.3. The molecule has 0 N–H and O–H groups in total. The van der Waals surface area contributed by atoms with Gasteiger partial charge in [-0.25, -0.2) is 0 Å². The number of rotatable bonds is 11. The highest BCUT2D eigenvalue weighted by Gasteiger charge is 2.26. The third-order valence-corrected chi connectivity index (χ3v) is 6.09. The number of aryl methyl sites for hydroxylation is 1. The number of hydrogen-bond donors (Lipinski definition) is 0. The Morgan fingerprint density at radius 3 is 2.24 bits per heavy atom. The molecule has 0 saturated heterocycles. The minimum Gasteiger partial charge on any atom is -0.467 e. The summed E-state index contributed by atoms with van der Waals surface area (Å²) in [7, 11) is 0. The maximum Gasteiger partial charge on any atom is 0.254 e. The van der Waals surface area contributed by atoms with Crippen molar-refractivity contribution in [3.63, 3.8) is 0 Å².